The Balaban J connectivity index is 2.32. The Morgan fingerprint density at radius 1 is 0.818 bits per heavy atom. The van der Waals surface area contributed by atoms with Crippen molar-refractivity contribution in [3.8, 4) is 0 Å². The van der Waals surface area contributed by atoms with Crippen molar-refractivity contribution in [2.45, 2.75) is 0 Å². The molecule has 2 aromatic carbocycles. The monoisotopic (exact) mass is 411 g/mol. The first-order valence-electron chi connectivity index (χ1n) is 6.05. The van der Waals surface area contributed by atoms with Gasteiger partial charge in [-0.15, -0.1) is 0 Å². The van der Waals surface area contributed by atoms with E-state index in [1.807, 2.05) is 0 Å². The number of benzene rings is 2. The van der Waals surface area contributed by atoms with Crippen LogP contribution in [-0.4, -0.2) is 28.1 Å². The van der Waals surface area contributed by atoms with Crippen molar-refractivity contribution in [3.63, 3.8) is 0 Å². The molecule has 0 saturated carbocycles. The molecule has 2 aromatic rings. The van der Waals surface area contributed by atoms with Gasteiger partial charge in [0.2, 0.25) is 0 Å². The van der Waals surface area contributed by atoms with E-state index in [2.05, 4.69) is 27.9 Å². The molecule has 6 nitrogen and oxygen atoms in total. The molecule has 0 aliphatic rings. The van der Waals surface area contributed by atoms with E-state index in [1.54, 1.807) is 24.3 Å². The fourth-order valence-corrected chi connectivity index (χ4v) is 2.11. The van der Waals surface area contributed by atoms with Crippen molar-refractivity contribution in [1.29, 1.82) is 0 Å². The summed E-state index contributed by atoms with van der Waals surface area (Å²) in [7, 11) is 0. The zero-order valence-electron chi connectivity index (χ0n) is 11.0. The van der Waals surface area contributed by atoms with Gasteiger partial charge in [-0.05, 0) is 65.1 Å². The minimum Gasteiger partial charge on any atom is -0.478 e. The van der Waals surface area contributed by atoms with E-state index in [9.17, 15) is 14.4 Å². The second-order valence-electron chi connectivity index (χ2n) is 4.37. The fraction of sp³-hybridized carbons (Fsp3) is 0. The van der Waals surface area contributed by atoms with E-state index >= 15 is 0 Å². The summed E-state index contributed by atoms with van der Waals surface area (Å²) < 4.78 is 0.968. The molecular formula is C15H10INO5. The average Bonchev–Trinajstić information content (AvgIpc) is 2.47. The Morgan fingerprint density at radius 3 is 1.77 bits per heavy atom. The van der Waals surface area contributed by atoms with Gasteiger partial charge in [-0.3, -0.25) is 4.79 Å². The summed E-state index contributed by atoms with van der Waals surface area (Å²) in [4.78, 5) is 34.1. The Kier molecular flexibility index (Phi) is 4.76. The van der Waals surface area contributed by atoms with Crippen molar-refractivity contribution >= 4 is 46.1 Å². The zero-order chi connectivity index (χ0) is 16.3. The normalized spacial score (nSPS) is 10.0. The van der Waals surface area contributed by atoms with E-state index in [0.29, 0.717) is 5.56 Å². The summed E-state index contributed by atoms with van der Waals surface area (Å²) in [5, 5.41) is 20.5. The molecule has 0 radical (unpaired) electrons. The Hall–Kier alpha value is -2.42. The molecule has 0 atom stereocenters. The van der Waals surface area contributed by atoms with E-state index in [4.69, 9.17) is 10.2 Å². The van der Waals surface area contributed by atoms with Crippen LogP contribution >= 0.6 is 22.6 Å². The van der Waals surface area contributed by atoms with Crippen LogP contribution in [-0.2, 0) is 0 Å². The summed E-state index contributed by atoms with van der Waals surface area (Å²) in [6, 6.07) is 10.2. The van der Waals surface area contributed by atoms with Gasteiger partial charge in [-0.1, -0.05) is 0 Å². The number of amides is 1. The van der Waals surface area contributed by atoms with Crippen molar-refractivity contribution in [2.75, 3.05) is 5.32 Å². The number of aromatic carboxylic acids is 2. The highest BCUT2D eigenvalue weighted by Gasteiger charge is 2.13. The second kappa shape index (κ2) is 6.56. The maximum Gasteiger partial charge on any atom is 0.335 e. The third kappa shape index (κ3) is 3.82. The van der Waals surface area contributed by atoms with Crippen molar-refractivity contribution in [3.05, 3.63) is 62.7 Å². The van der Waals surface area contributed by atoms with Gasteiger partial charge in [0.1, 0.15) is 0 Å². The number of carbonyl (C=O) groups is 3. The molecule has 0 aliphatic carbocycles. The third-order valence-electron chi connectivity index (χ3n) is 2.79. The van der Waals surface area contributed by atoms with Crippen LogP contribution in [0.15, 0.2) is 42.5 Å². The Morgan fingerprint density at radius 2 is 1.32 bits per heavy atom. The smallest absolute Gasteiger partial charge is 0.335 e. The molecule has 7 heteroatoms. The van der Waals surface area contributed by atoms with Crippen LogP contribution in [0.4, 0.5) is 5.69 Å². The summed E-state index contributed by atoms with van der Waals surface area (Å²) >= 11 is 2.10. The van der Waals surface area contributed by atoms with Gasteiger partial charge in [0.15, 0.2) is 0 Å². The van der Waals surface area contributed by atoms with Crippen molar-refractivity contribution in [1.82, 2.24) is 0 Å². The van der Waals surface area contributed by atoms with E-state index in [0.717, 1.165) is 9.64 Å². The fourth-order valence-electron chi connectivity index (χ4n) is 1.75. The number of carboxylic acid groups (broad SMARTS) is 2. The van der Waals surface area contributed by atoms with Gasteiger partial charge < -0.3 is 15.5 Å². The van der Waals surface area contributed by atoms with Gasteiger partial charge in [-0.25, -0.2) is 9.59 Å². The Labute approximate surface area is 138 Å². The zero-order valence-corrected chi connectivity index (χ0v) is 13.2. The maximum atomic E-state index is 12.1. The highest BCUT2D eigenvalue weighted by atomic mass is 127. The molecule has 0 saturated heterocycles. The highest BCUT2D eigenvalue weighted by Crippen LogP contribution is 2.17. The van der Waals surface area contributed by atoms with E-state index < -0.39 is 17.8 Å². The van der Waals surface area contributed by atoms with Crippen LogP contribution in [0.1, 0.15) is 31.1 Å². The first-order valence-corrected chi connectivity index (χ1v) is 7.13. The summed E-state index contributed by atoms with van der Waals surface area (Å²) in [6.45, 7) is 0. The van der Waals surface area contributed by atoms with Crippen LogP contribution in [0, 0.1) is 3.57 Å². The van der Waals surface area contributed by atoms with Crippen LogP contribution in [0.3, 0.4) is 0 Å². The number of hydrogen-bond acceptors (Lipinski definition) is 3. The summed E-state index contributed by atoms with van der Waals surface area (Å²) in [5.41, 5.74) is 0.0782. The lowest BCUT2D eigenvalue weighted by Crippen LogP contribution is -2.13. The maximum absolute atomic E-state index is 12.1. The second-order valence-corrected chi connectivity index (χ2v) is 5.62. The first-order chi connectivity index (χ1) is 10.4. The molecule has 0 aliphatic heterocycles. The molecule has 0 fully saturated rings. The lowest BCUT2D eigenvalue weighted by atomic mass is 10.1. The number of rotatable bonds is 4. The standard InChI is InChI=1S/C15H10INO5/c16-11-3-1-8(2-4-11)13(18)17-12-6-9(14(19)20)5-10(7-12)15(21)22/h1-7H,(H,17,18)(H,19,20)(H,21,22). The SMILES string of the molecule is O=C(O)c1cc(NC(=O)c2ccc(I)cc2)cc(C(=O)O)c1. The number of halogens is 1. The van der Waals surface area contributed by atoms with Gasteiger partial charge in [0.05, 0.1) is 11.1 Å². The predicted octanol–water partition coefficient (Wildman–Crippen LogP) is 2.94. The molecule has 0 bridgehead atoms. The van der Waals surface area contributed by atoms with Crippen molar-refractivity contribution in [2.24, 2.45) is 0 Å². The quantitative estimate of drug-likeness (QED) is 0.672. The predicted molar refractivity (Wildman–Crippen MR) is 87.5 cm³/mol. The molecule has 3 N–H and O–H groups in total. The molecule has 0 heterocycles. The summed E-state index contributed by atoms with van der Waals surface area (Å²) in [6.07, 6.45) is 0. The molecular weight excluding hydrogens is 401 g/mol. The Bertz CT molecular complexity index is 723. The lowest BCUT2D eigenvalue weighted by molar-refractivity contribution is 0.0696. The average molecular weight is 411 g/mol. The number of carbonyl (C=O) groups excluding carboxylic acids is 1. The molecule has 112 valence electrons. The number of nitrogens with one attached hydrogen (secondary N) is 1. The highest BCUT2D eigenvalue weighted by molar-refractivity contribution is 14.1. The molecule has 22 heavy (non-hydrogen) atoms. The lowest BCUT2D eigenvalue weighted by Gasteiger charge is -2.08. The van der Waals surface area contributed by atoms with Crippen molar-refractivity contribution < 1.29 is 24.6 Å². The van der Waals surface area contributed by atoms with Gasteiger partial charge in [-0.2, -0.15) is 0 Å². The number of anilines is 1. The first kappa shape index (κ1) is 16.0. The third-order valence-corrected chi connectivity index (χ3v) is 3.51. The van der Waals surface area contributed by atoms with Crippen LogP contribution in [0.2, 0.25) is 0 Å². The van der Waals surface area contributed by atoms with Gasteiger partial charge in [0.25, 0.3) is 5.91 Å². The van der Waals surface area contributed by atoms with Gasteiger partial charge in [0, 0.05) is 14.8 Å². The molecule has 0 spiro atoms. The molecule has 0 unspecified atom stereocenters. The van der Waals surface area contributed by atoms with Crippen LogP contribution in [0.5, 0.6) is 0 Å². The minimum absolute atomic E-state index is 0.112. The number of hydrogen-bond donors (Lipinski definition) is 3. The topological polar surface area (TPSA) is 104 Å². The van der Waals surface area contributed by atoms with Crippen LogP contribution in [0.25, 0.3) is 0 Å². The molecule has 0 aromatic heterocycles. The largest absolute Gasteiger partial charge is 0.478 e. The van der Waals surface area contributed by atoms with Crippen LogP contribution < -0.4 is 5.32 Å². The van der Waals surface area contributed by atoms with E-state index in [1.165, 1.54) is 12.1 Å². The van der Waals surface area contributed by atoms with E-state index in [-0.39, 0.29) is 16.8 Å². The molecule has 1 amide bonds. The summed E-state index contributed by atoms with van der Waals surface area (Å²) in [5.74, 6) is -2.99. The van der Waals surface area contributed by atoms with Gasteiger partial charge >= 0.3 is 11.9 Å². The number of carboxylic acids is 2. The minimum atomic E-state index is -1.27. The molecule has 2 rings (SSSR count).